The molecule has 0 saturated heterocycles. The number of carbonyl (C=O) groups is 2. The Kier molecular flexibility index (Phi) is 5.79. The van der Waals surface area contributed by atoms with Crippen LogP contribution in [0, 0.1) is 5.92 Å². The Morgan fingerprint density at radius 3 is 2.57 bits per heavy atom. The van der Waals surface area contributed by atoms with Gasteiger partial charge in [0, 0.05) is 16.9 Å². The minimum Gasteiger partial charge on any atom is -0.481 e. The zero-order chi connectivity index (χ0) is 15.2. The first-order valence-corrected chi connectivity index (χ1v) is 8.10. The smallest absolute Gasteiger partial charge is 0.306 e. The van der Waals surface area contributed by atoms with Crippen LogP contribution in [0.4, 0.5) is 0 Å². The number of amides is 1. The largest absolute Gasteiger partial charge is 0.481 e. The maximum absolute atomic E-state index is 11.9. The lowest BCUT2D eigenvalue weighted by atomic mass is 9.86. The highest BCUT2D eigenvalue weighted by Gasteiger charge is 2.26. The molecular weight excluding hydrogens is 334 g/mol. The quantitative estimate of drug-likeness (QED) is 0.854. The van der Waals surface area contributed by atoms with Crippen LogP contribution in [0.15, 0.2) is 28.7 Å². The van der Waals surface area contributed by atoms with Crippen LogP contribution in [0.25, 0.3) is 0 Å². The zero-order valence-electron chi connectivity index (χ0n) is 11.8. The molecule has 0 spiro atoms. The molecule has 5 heteroatoms. The molecule has 1 saturated carbocycles. The van der Waals surface area contributed by atoms with Crippen molar-refractivity contribution in [1.82, 2.24) is 5.32 Å². The lowest BCUT2D eigenvalue weighted by Gasteiger charge is -2.26. The number of hydrogen-bond acceptors (Lipinski definition) is 2. The first-order chi connectivity index (χ1) is 10.0. The van der Waals surface area contributed by atoms with Crippen LogP contribution < -0.4 is 5.32 Å². The minimum absolute atomic E-state index is 0.0498. The molecule has 0 bridgehead atoms. The van der Waals surface area contributed by atoms with E-state index < -0.39 is 5.97 Å². The van der Waals surface area contributed by atoms with Gasteiger partial charge in [0.05, 0.1) is 5.92 Å². The number of carboxylic acids is 1. The van der Waals surface area contributed by atoms with Gasteiger partial charge in [0.15, 0.2) is 0 Å². The normalized spacial score (nSPS) is 21.8. The molecule has 1 aliphatic carbocycles. The van der Waals surface area contributed by atoms with Crippen LogP contribution in [0.5, 0.6) is 0 Å². The molecule has 0 aromatic heterocycles. The summed E-state index contributed by atoms with van der Waals surface area (Å²) in [4.78, 5) is 22.8. The molecule has 2 rings (SSSR count). The van der Waals surface area contributed by atoms with Gasteiger partial charge in [-0.25, -0.2) is 0 Å². The van der Waals surface area contributed by atoms with Crippen LogP contribution in [0.1, 0.15) is 37.7 Å². The van der Waals surface area contributed by atoms with Crippen molar-refractivity contribution in [3.8, 4) is 0 Å². The number of hydrogen-bond donors (Lipinski definition) is 2. The number of aryl methyl sites for hydroxylation is 1. The predicted octanol–water partition coefficient (Wildman–Crippen LogP) is 3.14. The summed E-state index contributed by atoms with van der Waals surface area (Å²) >= 11 is 3.42. The number of aliphatic carboxylic acids is 1. The van der Waals surface area contributed by atoms with Crippen molar-refractivity contribution in [2.75, 3.05) is 0 Å². The number of carboxylic acid groups (broad SMARTS) is 1. The van der Waals surface area contributed by atoms with Crippen LogP contribution in [0.2, 0.25) is 0 Å². The SMILES string of the molecule is O=C(CCc1cccc(Br)c1)NC1CCC(C(=O)O)CC1. The van der Waals surface area contributed by atoms with E-state index in [1.165, 1.54) is 0 Å². The van der Waals surface area contributed by atoms with Crippen LogP contribution in [0.3, 0.4) is 0 Å². The van der Waals surface area contributed by atoms with Gasteiger partial charge in [0.1, 0.15) is 0 Å². The van der Waals surface area contributed by atoms with E-state index in [0.29, 0.717) is 19.3 Å². The predicted molar refractivity (Wildman–Crippen MR) is 84.0 cm³/mol. The molecular formula is C16H20BrNO3. The van der Waals surface area contributed by atoms with Gasteiger partial charge in [-0.1, -0.05) is 28.1 Å². The Hall–Kier alpha value is -1.36. The third kappa shape index (κ3) is 5.16. The summed E-state index contributed by atoms with van der Waals surface area (Å²) in [7, 11) is 0. The molecule has 114 valence electrons. The van der Waals surface area contributed by atoms with Crippen molar-refractivity contribution in [2.24, 2.45) is 5.92 Å². The van der Waals surface area contributed by atoms with E-state index in [1.54, 1.807) is 0 Å². The first-order valence-electron chi connectivity index (χ1n) is 7.31. The van der Waals surface area contributed by atoms with E-state index in [2.05, 4.69) is 21.2 Å². The van der Waals surface area contributed by atoms with E-state index in [-0.39, 0.29) is 17.9 Å². The Bertz CT molecular complexity index is 510. The van der Waals surface area contributed by atoms with Gasteiger partial charge >= 0.3 is 5.97 Å². The van der Waals surface area contributed by atoms with Crippen molar-refractivity contribution in [1.29, 1.82) is 0 Å². The number of benzene rings is 1. The molecule has 1 amide bonds. The van der Waals surface area contributed by atoms with E-state index in [9.17, 15) is 9.59 Å². The Morgan fingerprint density at radius 1 is 1.24 bits per heavy atom. The standard InChI is InChI=1S/C16H20BrNO3/c17-13-3-1-2-11(10-13)4-9-15(19)18-14-7-5-12(6-8-14)16(20)21/h1-3,10,12,14H,4-9H2,(H,18,19)(H,20,21). The second-order valence-electron chi connectivity index (χ2n) is 5.58. The highest BCUT2D eigenvalue weighted by atomic mass is 79.9. The van der Waals surface area contributed by atoms with Crippen LogP contribution in [-0.2, 0) is 16.0 Å². The molecule has 1 aliphatic rings. The molecule has 1 fully saturated rings. The molecule has 0 heterocycles. The zero-order valence-corrected chi connectivity index (χ0v) is 13.4. The maximum atomic E-state index is 11.9. The maximum Gasteiger partial charge on any atom is 0.306 e. The second kappa shape index (κ2) is 7.59. The molecule has 0 unspecified atom stereocenters. The molecule has 21 heavy (non-hydrogen) atoms. The van der Waals surface area contributed by atoms with Crippen molar-refractivity contribution >= 4 is 27.8 Å². The molecule has 0 atom stereocenters. The van der Waals surface area contributed by atoms with E-state index in [0.717, 1.165) is 29.3 Å². The van der Waals surface area contributed by atoms with Crippen LogP contribution >= 0.6 is 15.9 Å². The van der Waals surface area contributed by atoms with Crippen molar-refractivity contribution in [2.45, 2.75) is 44.6 Å². The minimum atomic E-state index is -0.713. The van der Waals surface area contributed by atoms with Gasteiger partial charge in [0.25, 0.3) is 0 Å². The molecule has 0 radical (unpaired) electrons. The highest BCUT2D eigenvalue weighted by Crippen LogP contribution is 2.24. The molecule has 0 aliphatic heterocycles. The highest BCUT2D eigenvalue weighted by molar-refractivity contribution is 9.10. The van der Waals surface area contributed by atoms with Gasteiger partial charge in [-0.05, 0) is 49.8 Å². The summed E-state index contributed by atoms with van der Waals surface area (Å²) < 4.78 is 1.02. The summed E-state index contributed by atoms with van der Waals surface area (Å²) in [6.45, 7) is 0. The Balaban J connectivity index is 1.72. The number of halogens is 1. The summed E-state index contributed by atoms with van der Waals surface area (Å²) in [6.07, 6.45) is 4.03. The molecule has 4 nitrogen and oxygen atoms in total. The Labute approximate surface area is 133 Å². The average Bonchev–Trinajstić information content (AvgIpc) is 2.46. The fraction of sp³-hybridized carbons (Fsp3) is 0.500. The Morgan fingerprint density at radius 2 is 1.95 bits per heavy atom. The summed E-state index contributed by atoms with van der Waals surface area (Å²) in [5.74, 6) is -0.900. The van der Waals surface area contributed by atoms with Gasteiger partial charge < -0.3 is 10.4 Å². The monoisotopic (exact) mass is 353 g/mol. The number of rotatable bonds is 5. The first kappa shape index (κ1) is 16.0. The fourth-order valence-electron chi connectivity index (χ4n) is 2.73. The molecule has 2 N–H and O–H groups in total. The van der Waals surface area contributed by atoms with E-state index in [1.807, 2.05) is 24.3 Å². The average molecular weight is 354 g/mol. The van der Waals surface area contributed by atoms with Gasteiger partial charge in [-0.2, -0.15) is 0 Å². The summed E-state index contributed by atoms with van der Waals surface area (Å²) in [5, 5.41) is 12.0. The second-order valence-corrected chi connectivity index (χ2v) is 6.50. The van der Waals surface area contributed by atoms with E-state index in [4.69, 9.17) is 5.11 Å². The number of carbonyl (C=O) groups excluding carboxylic acids is 1. The van der Waals surface area contributed by atoms with Gasteiger partial charge in [0.2, 0.25) is 5.91 Å². The fourth-order valence-corrected chi connectivity index (χ4v) is 3.18. The molecule has 1 aromatic rings. The third-order valence-corrected chi connectivity index (χ3v) is 4.46. The van der Waals surface area contributed by atoms with Gasteiger partial charge in [-0.3, -0.25) is 9.59 Å². The van der Waals surface area contributed by atoms with Crippen molar-refractivity contribution < 1.29 is 14.7 Å². The summed E-state index contributed by atoms with van der Waals surface area (Å²) in [5.41, 5.74) is 1.13. The van der Waals surface area contributed by atoms with Crippen LogP contribution in [-0.4, -0.2) is 23.0 Å². The molecule has 1 aromatic carbocycles. The lowest BCUT2D eigenvalue weighted by molar-refractivity contribution is -0.142. The topological polar surface area (TPSA) is 66.4 Å². The third-order valence-electron chi connectivity index (χ3n) is 3.97. The number of nitrogens with one attached hydrogen (secondary N) is 1. The van der Waals surface area contributed by atoms with Crippen molar-refractivity contribution in [3.63, 3.8) is 0 Å². The van der Waals surface area contributed by atoms with Gasteiger partial charge in [-0.15, -0.1) is 0 Å². The summed E-state index contributed by atoms with van der Waals surface area (Å²) in [6, 6.07) is 8.09. The lowest BCUT2D eigenvalue weighted by Crippen LogP contribution is -2.38. The van der Waals surface area contributed by atoms with Crippen molar-refractivity contribution in [3.05, 3.63) is 34.3 Å². The van der Waals surface area contributed by atoms with E-state index >= 15 is 0 Å².